The maximum absolute atomic E-state index is 14.4. The molecule has 0 saturated heterocycles. The van der Waals surface area contributed by atoms with Crippen molar-refractivity contribution in [2.45, 2.75) is 71.1 Å². The number of benzene rings is 3. The Bertz CT molecular complexity index is 1470. The van der Waals surface area contributed by atoms with E-state index in [0.29, 0.717) is 35.8 Å². The van der Waals surface area contributed by atoms with Crippen LogP contribution in [0.25, 0.3) is 10.8 Å². The Morgan fingerprint density at radius 3 is 2.59 bits per heavy atom. The van der Waals surface area contributed by atoms with Crippen LogP contribution in [-0.2, 0) is 4.74 Å². The summed E-state index contributed by atoms with van der Waals surface area (Å²) >= 11 is 0. The Kier molecular flexibility index (Phi) is 11.5. The zero-order valence-electron chi connectivity index (χ0n) is 27.7. The van der Waals surface area contributed by atoms with Crippen molar-refractivity contribution in [1.82, 2.24) is 9.80 Å². The van der Waals surface area contributed by atoms with E-state index in [4.69, 9.17) is 9.47 Å². The molecule has 0 spiro atoms. The molecule has 1 aliphatic heterocycles. The summed E-state index contributed by atoms with van der Waals surface area (Å²) in [5, 5.41) is 18.0. The lowest BCUT2D eigenvalue weighted by Gasteiger charge is -2.36. The molecule has 9 nitrogen and oxygen atoms in total. The third kappa shape index (κ3) is 8.99. The monoisotopic (exact) mass is 630 g/mol. The van der Waals surface area contributed by atoms with Gasteiger partial charge in [0.05, 0.1) is 36.1 Å². The van der Waals surface area contributed by atoms with E-state index in [0.717, 1.165) is 49.0 Å². The summed E-state index contributed by atoms with van der Waals surface area (Å²) in [6.07, 6.45) is 5.12. The van der Waals surface area contributed by atoms with Gasteiger partial charge in [-0.15, -0.1) is 0 Å². The first-order chi connectivity index (χ1) is 22.2. The average molecular weight is 631 g/mol. The lowest BCUT2D eigenvalue weighted by molar-refractivity contribution is -0.0172. The number of carbonyl (C=O) groups is 2. The van der Waals surface area contributed by atoms with E-state index in [2.05, 4.69) is 29.5 Å². The molecular weight excluding hydrogens is 580 g/mol. The third-order valence-electron chi connectivity index (χ3n) is 9.11. The van der Waals surface area contributed by atoms with Gasteiger partial charge in [-0.05, 0) is 88.6 Å². The minimum atomic E-state index is -0.427. The van der Waals surface area contributed by atoms with Gasteiger partial charge in [0.1, 0.15) is 5.75 Å². The van der Waals surface area contributed by atoms with Gasteiger partial charge in [0.15, 0.2) is 0 Å². The number of rotatable bonds is 8. The fraction of sp³-hybridized carbons (Fsp3) is 0.514. The van der Waals surface area contributed by atoms with Crippen LogP contribution in [0, 0.1) is 11.8 Å². The molecule has 1 fully saturated rings. The number of aliphatic hydroxyl groups is 1. The summed E-state index contributed by atoms with van der Waals surface area (Å²) in [4.78, 5) is 31.6. The van der Waals surface area contributed by atoms with Crippen molar-refractivity contribution in [1.29, 1.82) is 0 Å². The van der Waals surface area contributed by atoms with Gasteiger partial charge in [-0.3, -0.25) is 4.79 Å². The highest BCUT2D eigenvalue weighted by atomic mass is 16.5. The highest BCUT2D eigenvalue weighted by Gasteiger charge is 2.31. The SMILES string of the molecule is C[C@@H]1CCCCO[C@@H](CN(C)CC2CC2)[C@@H](C)CN([C@H](C)CO)C(=O)c2cc(NC(=O)Nc3cccc4ccccc34)ccc2O1. The maximum Gasteiger partial charge on any atom is 0.323 e. The van der Waals surface area contributed by atoms with Crippen LogP contribution >= 0.6 is 0 Å². The predicted molar refractivity (Wildman–Crippen MR) is 184 cm³/mol. The number of carbonyl (C=O) groups excluding carboxylic acids is 2. The van der Waals surface area contributed by atoms with E-state index in [1.165, 1.54) is 12.8 Å². The summed E-state index contributed by atoms with van der Waals surface area (Å²) in [7, 11) is 2.15. The first-order valence-electron chi connectivity index (χ1n) is 16.8. The van der Waals surface area contributed by atoms with E-state index in [1.54, 1.807) is 23.1 Å². The Morgan fingerprint density at radius 2 is 1.80 bits per heavy atom. The first-order valence-corrected chi connectivity index (χ1v) is 16.8. The number of ether oxygens (including phenoxy) is 2. The molecule has 248 valence electrons. The van der Waals surface area contributed by atoms with E-state index < -0.39 is 12.1 Å². The molecule has 0 unspecified atom stereocenters. The van der Waals surface area contributed by atoms with Crippen molar-refractivity contribution >= 4 is 34.1 Å². The van der Waals surface area contributed by atoms with Gasteiger partial charge >= 0.3 is 6.03 Å². The maximum atomic E-state index is 14.4. The van der Waals surface area contributed by atoms with Crippen molar-refractivity contribution in [2.24, 2.45) is 11.8 Å². The number of fused-ring (bicyclic) bond motifs is 2. The number of hydrogen-bond acceptors (Lipinski definition) is 6. The molecule has 0 bridgehead atoms. The van der Waals surface area contributed by atoms with Crippen LogP contribution in [0.4, 0.5) is 16.2 Å². The molecule has 9 heteroatoms. The van der Waals surface area contributed by atoms with Gasteiger partial charge in [0, 0.05) is 43.2 Å². The molecule has 1 saturated carbocycles. The standard InChI is InChI=1S/C37H50N4O5/c1-25-21-41(26(2)24-42)36(43)32-20-30(38-37(44)39-33-14-9-12-29-11-5-6-13-31(29)33)17-18-34(32)46-27(3)10-7-8-19-45-35(25)23-40(4)22-28-15-16-28/h5-6,9,11-14,17-18,20,25-28,35,42H,7-8,10,15-16,19,21-24H2,1-4H3,(H2,38,39,44)/t25-,26+,27+,35-/m0/s1. The third-order valence-corrected chi connectivity index (χ3v) is 9.11. The zero-order chi connectivity index (χ0) is 32.6. The number of aliphatic hydroxyl groups excluding tert-OH is 1. The van der Waals surface area contributed by atoms with Crippen molar-refractivity contribution < 1.29 is 24.2 Å². The molecule has 1 aliphatic carbocycles. The van der Waals surface area contributed by atoms with Crippen molar-refractivity contribution in [3.05, 3.63) is 66.2 Å². The fourth-order valence-corrected chi connectivity index (χ4v) is 6.20. The van der Waals surface area contributed by atoms with Gasteiger partial charge in [-0.2, -0.15) is 0 Å². The fourth-order valence-electron chi connectivity index (χ4n) is 6.20. The van der Waals surface area contributed by atoms with Crippen LogP contribution in [0.15, 0.2) is 60.7 Å². The van der Waals surface area contributed by atoms with Gasteiger partial charge in [0.25, 0.3) is 5.91 Å². The average Bonchev–Trinajstić information content (AvgIpc) is 3.86. The molecule has 2 aliphatic rings. The summed E-state index contributed by atoms with van der Waals surface area (Å²) in [6.45, 7) is 8.75. The number of anilines is 2. The second-order valence-corrected chi connectivity index (χ2v) is 13.3. The van der Waals surface area contributed by atoms with E-state index in [-0.39, 0.29) is 30.6 Å². The molecule has 3 amide bonds. The molecule has 46 heavy (non-hydrogen) atoms. The highest BCUT2D eigenvalue weighted by molar-refractivity contribution is 6.07. The number of urea groups is 1. The van der Waals surface area contributed by atoms with Crippen LogP contribution in [0.1, 0.15) is 63.2 Å². The van der Waals surface area contributed by atoms with Crippen molar-refractivity contribution in [3.63, 3.8) is 0 Å². The van der Waals surface area contributed by atoms with Crippen molar-refractivity contribution in [3.8, 4) is 5.75 Å². The number of amides is 3. The molecular formula is C37H50N4O5. The largest absolute Gasteiger partial charge is 0.490 e. The molecule has 4 atom stereocenters. The second kappa shape index (κ2) is 15.8. The predicted octanol–water partition coefficient (Wildman–Crippen LogP) is 6.62. The van der Waals surface area contributed by atoms with Gasteiger partial charge in [-0.1, -0.05) is 43.3 Å². The minimum absolute atomic E-state index is 0.0265. The Morgan fingerprint density at radius 1 is 1.02 bits per heavy atom. The molecule has 3 aromatic carbocycles. The van der Waals surface area contributed by atoms with E-state index in [1.807, 2.05) is 56.3 Å². The number of nitrogens with zero attached hydrogens (tertiary/aromatic N) is 2. The second-order valence-electron chi connectivity index (χ2n) is 13.3. The lowest BCUT2D eigenvalue weighted by atomic mass is 10.0. The lowest BCUT2D eigenvalue weighted by Crippen LogP contribution is -2.47. The summed E-state index contributed by atoms with van der Waals surface area (Å²) in [6, 6.07) is 18.0. The van der Waals surface area contributed by atoms with Gasteiger partial charge < -0.3 is 35.0 Å². The topological polar surface area (TPSA) is 103 Å². The van der Waals surface area contributed by atoms with Crippen molar-refractivity contribution in [2.75, 3.05) is 50.5 Å². The molecule has 1 heterocycles. The molecule has 3 aromatic rings. The summed E-state index contributed by atoms with van der Waals surface area (Å²) < 4.78 is 12.8. The summed E-state index contributed by atoms with van der Waals surface area (Å²) in [5.74, 6) is 1.02. The molecule has 0 aromatic heterocycles. The number of likely N-dealkylation sites (N-methyl/N-ethyl adjacent to an activating group) is 1. The van der Waals surface area contributed by atoms with Gasteiger partial charge in [-0.25, -0.2) is 4.79 Å². The summed E-state index contributed by atoms with van der Waals surface area (Å²) in [5.41, 5.74) is 1.51. The normalized spacial score (nSPS) is 22.1. The van der Waals surface area contributed by atoms with Crippen LogP contribution in [0.3, 0.4) is 0 Å². The Hall–Kier alpha value is -3.66. The van der Waals surface area contributed by atoms with Crippen LogP contribution < -0.4 is 15.4 Å². The number of hydrogen-bond donors (Lipinski definition) is 3. The molecule has 0 radical (unpaired) electrons. The number of nitrogens with one attached hydrogen (secondary N) is 2. The highest BCUT2D eigenvalue weighted by Crippen LogP contribution is 2.31. The van der Waals surface area contributed by atoms with Crippen LogP contribution in [-0.4, -0.2) is 85.0 Å². The first kappa shape index (κ1) is 33.7. The zero-order valence-corrected chi connectivity index (χ0v) is 27.7. The quantitative estimate of drug-likeness (QED) is 0.259. The van der Waals surface area contributed by atoms with E-state index >= 15 is 0 Å². The van der Waals surface area contributed by atoms with E-state index in [9.17, 15) is 14.7 Å². The molecule has 3 N–H and O–H groups in total. The molecule has 5 rings (SSSR count). The Labute approximate surface area is 273 Å². The van der Waals surface area contributed by atoms with Crippen LogP contribution in [0.2, 0.25) is 0 Å². The Balaban J connectivity index is 1.39. The van der Waals surface area contributed by atoms with Gasteiger partial charge in [0.2, 0.25) is 0 Å². The minimum Gasteiger partial charge on any atom is -0.490 e. The smallest absolute Gasteiger partial charge is 0.323 e. The van der Waals surface area contributed by atoms with Crippen LogP contribution in [0.5, 0.6) is 5.75 Å².